The van der Waals surface area contributed by atoms with Crippen LogP contribution in [-0.4, -0.2) is 10.9 Å². The summed E-state index contributed by atoms with van der Waals surface area (Å²) >= 11 is 0. The highest BCUT2D eigenvalue weighted by Gasteiger charge is 2.16. The molecule has 1 amide bonds. The average Bonchev–Trinajstić information content (AvgIpc) is 2.50. The molecule has 3 aromatic rings. The number of para-hydroxylation sites is 2. The third kappa shape index (κ3) is 2.53. The van der Waals surface area contributed by atoms with Gasteiger partial charge in [-0.1, -0.05) is 24.3 Å². The van der Waals surface area contributed by atoms with Crippen molar-refractivity contribution in [2.24, 2.45) is 0 Å². The van der Waals surface area contributed by atoms with E-state index >= 15 is 0 Å². The molecule has 0 aliphatic rings. The number of anilines is 1. The fourth-order valence-electron chi connectivity index (χ4n) is 2.29. The van der Waals surface area contributed by atoms with Gasteiger partial charge in [-0.15, -0.1) is 0 Å². The average molecular weight is 298 g/mol. The maximum absolute atomic E-state index is 13.7. The quantitative estimate of drug-likeness (QED) is 0.774. The summed E-state index contributed by atoms with van der Waals surface area (Å²) in [5.41, 5.74) is 1.18. The number of rotatable bonds is 2. The first-order chi connectivity index (χ1) is 10.6. The van der Waals surface area contributed by atoms with Crippen molar-refractivity contribution < 1.29 is 13.6 Å². The van der Waals surface area contributed by atoms with Crippen LogP contribution in [0.1, 0.15) is 16.1 Å². The third-order valence-corrected chi connectivity index (χ3v) is 3.29. The summed E-state index contributed by atoms with van der Waals surface area (Å²) in [4.78, 5) is 16.7. The second kappa shape index (κ2) is 5.52. The smallest absolute Gasteiger partial charge is 0.256 e. The minimum Gasteiger partial charge on any atom is -0.317 e. The molecular formula is C17H12F2N2O. The zero-order chi connectivity index (χ0) is 15.7. The maximum atomic E-state index is 13.7. The number of nitrogens with one attached hydrogen (secondary N) is 1. The molecular weight excluding hydrogens is 286 g/mol. The lowest BCUT2D eigenvalue weighted by atomic mass is 10.1. The predicted molar refractivity (Wildman–Crippen MR) is 80.8 cm³/mol. The van der Waals surface area contributed by atoms with E-state index in [1.165, 1.54) is 6.07 Å². The number of amides is 1. The SMILES string of the molecule is Cc1cc(C(=O)Nc2c(F)cccc2F)c2ccccc2n1. The highest BCUT2D eigenvalue weighted by atomic mass is 19.1. The molecule has 0 unspecified atom stereocenters. The molecule has 110 valence electrons. The fourth-order valence-corrected chi connectivity index (χ4v) is 2.29. The summed E-state index contributed by atoms with van der Waals surface area (Å²) in [5, 5.41) is 2.92. The van der Waals surface area contributed by atoms with Crippen molar-refractivity contribution in [3.05, 3.63) is 71.4 Å². The summed E-state index contributed by atoms with van der Waals surface area (Å²) in [6.07, 6.45) is 0. The number of fused-ring (bicyclic) bond motifs is 1. The molecule has 0 saturated heterocycles. The largest absolute Gasteiger partial charge is 0.317 e. The number of carbonyl (C=O) groups excluding carboxylic acids is 1. The van der Waals surface area contributed by atoms with Crippen LogP contribution >= 0.6 is 0 Å². The van der Waals surface area contributed by atoms with Gasteiger partial charge in [0.1, 0.15) is 17.3 Å². The first-order valence-electron chi connectivity index (χ1n) is 6.68. The van der Waals surface area contributed by atoms with Gasteiger partial charge in [0.05, 0.1) is 11.1 Å². The fraction of sp³-hybridized carbons (Fsp3) is 0.0588. The van der Waals surface area contributed by atoms with Gasteiger partial charge in [0.25, 0.3) is 5.91 Å². The number of aromatic nitrogens is 1. The van der Waals surface area contributed by atoms with Crippen molar-refractivity contribution in [1.29, 1.82) is 0 Å². The molecule has 1 aromatic heterocycles. The number of benzene rings is 2. The van der Waals surface area contributed by atoms with Crippen molar-refractivity contribution in [2.75, 3.05) is 5.32 Å². The van der Waals surface area contributed by atoms with E-state index < -0.39 is 23.2 Å². The Kier molecular flexibility index (Phi) is 3.55. The number of carbonyl (C=O) groups is 1. The molecule has 0 fully saturated rings. The Balaban J connectivity index is 2.06. The minimum atomic E-state index is -0.816. The third-order valence-electron chi connectivity index (χ3n) is 3.29. The van der Waals surface area contributed by atoms with E-state index in [1.54, 1.807) is 31.2 Å². The highest BCUT2D eigenvalue weighted by Crippen LogP contribution is 2.22. The Hall–Kier alpha value is -2.82. The molecule has 2 aromatic carbocycles. The molecule has 0 aliphatic carbocycles. The van der Waals surface area contributed by atoms with Crippen molar-refractivity contribution in [2.45, 2.75) is 6.92 Å². The zero-order valence-electron chi connectivity index (χ0n) is 11.7. The normalized spacial score (nSPS) is 10.7. The Labute approximate surface area is 125 Å². The van der Waals surface area contributed by atoms with Crippen LogP contribution in [0, 0.1) is 18.6 Å². The van der Waals surface area contributed by atoms with Crippen LogP contribution in [0.25, 0.3) is 10.9 Å². The lowest BCUT2D eigenvalue weighted by Crippen LogP contribution is -2.15. The van der Waals surface area contributed by atoms with Gasteiger partial charge >= 0.3 is 0 Å². The monoisotopic (exact) mass is 298 g/mol. The molecule has 3 nitrogen and oxygen atoms in total. The van der Waals surface area contributed by atoms with Crippen molar-refractivity contribution in [3.63, 3.8) is 0 Å². The van der Waals surface area contributed by atoms with Crippen LogP contribution in [0.3, 0.4) is 0 Å². The molecule has 0 bridgehead atoms. The van der Waals surface area contributed by atoms with E-state index in [9.17, 15) is 13.6 Å². The van der Waals surface area contributed by atoms with E-state index in [4.69, 9.17) is 0 Å². The summed E-state index contributed by atoms with van der Waals surface area (Å²) in [6, 6.07) is 12.1. The molecule has 0 aliphatic heterocycles. The second-order valence-electron chi connectivity index (χ2n) is 4.88. The zero-order valence-corrected chi connectivity index (χ0v) is 11.7. The molecule has 1 heterocycles. The van der Waals surface area contributed by atoms with Crippen LogP contribution in [0.5, 0.6) is 0 Å². The van der Waals surface area contributed by atoms with Crippen molar-refractivity contribution in [3.8, 4) is 0 Å². The van der Waals surface area contributed by atoms with E-state index in [-0.39, 0.29) is 0 Å². The van der Waals surface area contributed by atoms with E-state index in [1.807, 2.05) is 6.07 Å². The van der Waals surface area contributed by atoms with E-state index in [2.05, 4.69) is 10.3 Å². The van der Waals surface area contributed by atoms with Gasteiger partial charge in [0.2, 0.25) is 0 Å². The van der Waals surface area contributed by atoms with Crippen molar-refractivity contribution >= 4 is 22.5 Å². The second-order valence-corrected chi connectivity index (χ2v) is 4.88. The van der Waals surface area contributed by atoms with Crippen molar-refractivity contribution in [1.82, 2.24) is 4.98 Å². The number of hydrogen-bond acceptors (Lipinski definition) is 2. The first-order valence-corrected chi connectivity index (χ1v) is 6.68. The molecule has 5 heteroatoms. The van der Waals surface area contributed by atoms with E-state index in [0.29, 0.717) is 22.2 Å². The van der Waals surface area contributed by atoms with Gasteiger partial charge in [-0.25, -0.2) is 8.78 Å². The van der Waals surface area contributed by atoms with Crippen LogP contribution in [0.4, 0.5) is 14.5 Å². The van der Waals surface area contributed by atoms with Crippen LogP contribution < -0.4 is 5.32 Å². The topological polar surface area (TPSA) is 42.0 Å². The Morgan fingerprint density at radius 3 is 2.45 bits per heavy atom. The van der Waals surface area contributed by atoms with Gasteiger partial charge in [0, 0.05) is 11.1 Å². The van der Waals surface area contributed by atoms with Crippen LogP contribution in [0.15, 0.2) is 48.5 Å². The maximum Gasteiger partial charge on any atom is 0.256 e. The van der Waals surface area contributed by atoms with Gasteiger partial charge in [-0.2, -0.15) is 0 Å². The molecule has 0 saturated carbocycles. The van der Waals surface area contributed by atoms with Gasteiger partial charge in [-0.05, 0) is 31.2 Å². The molecule has 0 atom stereocenters. The van der Waals surface area contributed by atoms with Gasteiger partial charge in [0.15, 0.2) is 0 Å². The van der Waals surface area contributed by atoms with Gasteiger partial charge < -0.3 is 5.32 Å². The number of hydrogen-bond donors (Lipinski definition) is 1. The molecule has 0 radical (unpaired) electrons. The Morgan fingerprint density at radius 2 is 1.73 bits per heavy atom. The summed E-state index contributed by atoms with van der Waals surface area (Å²) in [5.74, 6) is -2.21. The lowest BCUT2D eigenvalue weighted by molar-refractivity contribution is 0.102. The summed E-state index contributed by atoms with van der Waals surface area (Å²) in [6.45, 7) is 1.76. The molecule has 0 spiro atoms. The number of nitrogens with zero attached hydrogens (tertiary/aromatic N) is 1. The minimum absolute atomic E-state index is 0.325. The number of aryl methyl sites for hydroxylation is 1. The van der Waals surface area contributed by atoms with E-state index in [0.717, 1.165) is 12.1 Å². The van der Waals surface area contributed by atoms with Gasteiger partial charge in [-0.3, -0.25) is 9.78 Å². The molecule has 1 N–H and O–H groups in total. The summed E-state index contributed by atoms with van der Waals surface area (Å²) < 4.78 is 27.3. The summed E-state index contributed by atoms with van der Waals surface area (Å²) in [7, 11) is 0. The Bertz CT molecular complexity index is 857. The van der Waals surface area contributed by atoms with Crippen LogP contribution in [-0.2, 0) is 0 Å². The standard InChI is InChI=1S/C17H12F2N2O/c1-10-9-12(11-5-2-3-8-15(11)20-10)17(22)21-16-13(18)6-4-7-14(16)19/h2-9H,1H3,(H,21,22). The number of pyridine rings is 1. The predicted octanol–water partition coefficient (Wildman–Crippen LogP) is 4.07. The molecule has 22 heavy (non-hydrogen) atoms. The molecule has 3 rings (SSSR count). The first kappa shape index (κ1) is 14.1. The lowest BCUT2D eigenvalue weighted by Gasteiger charge is -2.10. The number of halogens is 2. The van der Waals surface area contributed by atoms with Crippen LogP contribution in [0.2, 0.25) is 0 Å². The Morgan fingerprint density at radius 1 is 1.05 bits per heavy atom. The highest BCUT2D eigenvalue weighted by molar-refractivity contribution is 6.12.